The van der Waals surface area contributed by atoms with E-state index in [1.54, 1.807) is 12.3 Å². The van der Waals surface area contributed by atoms with Crippen molar-refractivity contribution in [1.82, 2.24) is 9.97 Å². The molecule has 2 aromatic rings. The minimum Gasteiger partial charge on any atom is -0.237 e. The summed E-state index contributed by atoms with van der Waals surface area (Å²) in [6.07, 6.45) is 4.45. The Kier molecular flexibility index (Phi) is 1.10. The number of hydrogen-bond acceptors (Lipinski definition) is 2. The molecule has 0 aliphatic heterocycles. The fourth-order valence-electron chi connectivity index (χ4n) is 0.858. The van der Waals surface area contributed by atoms with Crippen LogP contribution in [-0.4, -0.2) is 9.97 Å². The van der Waals surface area contributed by atoms with Gasteiger partial charge in [0.25, 0.3) is 0 Å². The first-order valence-corrected chi connectivity index (χ1v) is 3.05. The number of fused-ring (bicyclic) bond motifs is 1. The first-order valence-electron chi connectivity index (χ1n) is 3.05. The number of rotatable bonds is 0. The SMILES string of the molecule is [c]1ccc2cccnc2n1. The standard InChI is InChI=1S/C8H5N2/c1-3-7-4-2-6-10-8(7)9-5-1/h1-5H. The van der Waals surface area contributed by atoms with E-state index in [1.165, 1.54) is 0 Å². The summed E-state index contributed by atoms with van der Waals surface area (Å²) in [7, 11) is 0. The third kappa shape index (κ3) is 0.739. The summed E-state index contributed by atoms with van der Waals surface area (Å²) in [4.78, 5) is 7.98. The highest BCUT2D eigenvalue weighted by atomic mass is 14.8. The monoisotopic (exact) mass is 129 g/mol. The molecule has 47 valence electrons. The molecule has 0 N–H and O–H groups in total. The largest absolute Gasteiger partial charge is 0.237 e. The van der Waals surface area contributed by atoms with Gasteiger partial charge in [0.05, 0.1) is 6.20 Å². The molecule has 2 heteroatoms. The fourth-order valence-corrected chi connectivity index (χ4v) is 0.858. The maximum absolute atomic E-state index is 4.04. The predicted molar refractivity (Wildman–Crippen MR) is 38.4 cm³/mol. The number of hydrogen-bond donors (Lipinski definition) is 0. The lowest BCUT2D eigenvalue weighted by atomic mass is 10.3. The van der Waals surface area contributed by atoms with Crippen molar-refractivity contribution in [2.45, 2.75) is 0 Å². The van der Waals surface area contributed by atoms with E-state index in [2.05, 4.69) is 16.2 Å². The Morgan fingerprint density at radius 3 is 3.20 bits per heavy atom. The summed E-state index contributed by atoms with van der Waals surface area (Å²) in [5.74, 6) is 0. The molecule has 10 heavy (non-hydrogen) atoms. The Morgan fingerprint density at radius 1 is 1.30 bits per heavy atom. The van der Waals surface area contributed by atoms with Crippen molar-refractivity contribution in [2.75, 3.05) is 0 Å². The van der Waals surface area contributed by atoms with E-state index in [-0.39, 0.29) is 0 Å². The molecule has 0 spiro atoms. The van der Waals surface area contributed by atoms with Crippen LogP contribution in [0.25, 0.3) is 11.0 Å². The van der Waals surface area contributed by atoms with E-state index in [0.717, 1.165) is 11.0 Å². The van der Waals surface area contributed by atoms with E-state index < -0.39 is 0 Å². The zero-order valence-corrected chi connectivity index (χ0v) is 5.28. The molecule has 0 bridgehead atoms. The van der Waals surface area contributed by atoms with Gasteiger partial charge >= 0.3 is 0 Å². The molecule has 0 aliphatic carbocycles. The minimum atomic E-state index is 0.755. The molecule has 0 saturated carbocycles. The van der Waals surface area contributed by atoms with Crippen molar-refractivity contribution in [3.05, 3.63) is 36.7 Å². The van der Waals surface area contributed by atoms with Gasteiger partial charge in [0.2, 0.25) is 0 Å². The van der Waals surface area contributed by atoms with Crippen LogP contribution in [0.5, 0.6) is 0 Å². The summed E-state index contributed by atoms with van der Waals surface area (Å²) in [5, 5.41) is 1.06. The average Bonchev–Trinajstić information content (AvgIpc) is 2.05. The van der Waals surface area contributed by atoms with Gasteiger partial charge in [-0.15, -0.1) is 0 Å². The van der Waals surface area contributed by atoms with Crippen LogP contribution in [0.1, 0.15) is 0 Å². The lowest BCUT2D eigenvalue weighted by Crippen LogP contribution is -1.79. The van der Waals surface area contributed by atoms with Gasteiger partial charge in [-0.2, -0.15) is 0 Å². The van der Waals surface area contributed by atoms with Gasteiger partial charge < -0.3 is 0 Å². The molecule has 0 amide bonds. The van der Waals surface area contributed by atoms with Gasteiger partial charge in [0.15, 0.2) is 5.65 Å². The van der Waals surface area contributed by atoms with Crippen molar-refractivity contribution in [3.63, 3.8) is 0 Å². The van der Waals surface area contributed by atoms with Crippen molar-refractivity contribution in [3.8, 4) is 0 Å². The molecule has 0 aromatic carbocycles. The van der Waals surface area contributed by atoms with Gasteiger partial charge in [0, 0.05) is 11.6 Å². The number of aromatic nitrogens is 2. The lowest BCUT2D eigenvalue weighted by molar-refractivity contribution is 1.28. The molecule has 2 aromatic heterocycles. The molecular weight excluding hydrogens is 124 g/mol. The van der Waals surface area contributed by atoms with Crippen LogP contribution >= 0.6 is 0 Å². The molecule has 1 radical (unpaired) electrons. The summed E-state index contributed by atoms with van der Waals surface area (Å²) in [6, 6.07) is 7.59. The highest BCUT2D eigenvalue weighted by Gasteiger charge is 1.88. The summed E-state index contributed by atoms with van der Waals surface area (Å²) >= 11 is 0. The van der Waals surface area contributed by atoms with Gasteiger partial charge in [-0.1, -0.05) is 0 Å². The second-order valence-electron chi connectivity index (χ2n) is 1.99. The number of nitrogens with zero attached hydrogens (tertiary/aromatic N) is 2. The zero-order valence-electron chi connectivity index (χ0n) is 5.28. The van der Waals surface area contributed by atoms with Crippen LogP contribution in [0, 0.1) is 6.20 Å². The Balaban J connectivity index is 2.89. The average molecular weight is 129 g/mol. The van der Waals surface area contributed by atoms with Crippen LogP contribution < -0.4 is 0 Å². The Morgan fingerprint density at radius 2 is 2.30 bits per heavy atom. The normalized spacial score (nSPS) is 10.0. The molecule has 0 saturated heterocycles. The predicted octanol–water partition coefficient (Wildman–Crippen LogP) is 1.43. The van der Waals surface area contributed by atoms with E-state index in [4.69, 9.17) is 0 Å². The van der Waals surface area contributed by atoms with E-state index >= 15 is 0 Å². The van der Waals surface area contributed by atoms with E-state index in [0.29, 0.717) is 0 Å². The molecule has 2 rings (SSSR count). The molecule has 0 fully saturated rings. The van der Waals surface area contributed by atoms with Crippen LogP contribution in [-0.2, 0) is 0 Å². The van der Waals surface area contributed by atoms with Gasteiger partial charge in [-0.25, -0.2) is 9.97 Å². The highest BCUT2D eigenvalue weighted by Crippen LogP contribution is 2.04. The van der Waals surface area contributed by atoms with Gasteiger partial charge in [-0.3, -0.25) is 0 Å². The third-order valence-corrected chi connectivity index (χ3v) is 1.32. The maximum atomic E-state index is 4.04. The highest BCUT2D eigenvalue weighted by molar-refractivity contribution is 5.73. The smallest absolute Gasteiger partial charge is 0.159 e. The molecule has 0 atom stereocenters. The first kappa shape index (κ1) is 5.35. The maximum Gasteiger partial charge on any atom is 0.159 e. The van der Waals surface area contributed by atoms with Crippen LogP contribution in [0.2, 0.25) is 0 Å². The quantitative estimate of drug-likeness (QED) is 0.537. The fraction of sp³-hybridized carbons (Fsp3) is 0. The molecule has 0 unspecified atom stereocenters. The Bertz CT molecular complexity index is 278. The van der Waals surface area contributed by atoms with Crippen molar-refractivity contribution in [2.24, 2.45) is 0 Å². The Hall–Kier alpha value is -1.44. The molecule has 0 aliphatic rings. The Labute approximate surface area is 58.6 Å². The van der Waals surface area contributed by atoms with Crippen LogP contribution in [0.4, 0.5) is 0 Å². The van der Waals surface area contributed by atoms with Crippen molar-refractivity contribution >= 4 is 11.0 Å². The van der Waals surface area contributed by atoms with Crippen molar-refractivity contribution < 1.29 is 0 Å². The van der Waals surface area contributed by atoms with Gasteiger partial charge in [-0.05, 0) is 24.3 Å². The first-order chi connectivity index (χ1) is 4.97. The van der Waals surface area contributed by atoms with Gasteiger partial charge in [0.1, 0.15) is 0 Å². The number of pyridine rings is 2. The molecule has 2 heterocycles. The topological polar surface area (TPSA) is 25.8 Å². The van der Waals surface area contributed by atoms with Crippen LogP contribution in [0.3, 0.4) is 0 Å². The zero-order chi connectivity index (χ0) is 6.81. The summed E-state index contributed by atoms with van der Waals surface area (Å²) in [6.45, 7) is 0. The third-order valence-electron chi connectivity index (χ3n) is 1.32. The lowest BCUT2D eigenvalue weighted by Gasteiger charge is -1.90. The van der Waals surface area contributed by atoms with Crippen molar-refractivity contribution in [1.29, 1.82) is 0 Å². The summed E-state index contributed by atoms with van der Waals surface area (Å²) < 4.78 is 0. The minimum absolute atomic E-state index is 0.755. The van der Waals surface area contributed by atoms with E-state index in [1.807, 2.05) is 18.2 Å². The van der Waals surface area contributed by atoms with Crippen LogP contribution in [0.15, 0.2) is 30.5 Å². The summed E-state index contributed by atoms with van der Waals surface area (Å²) in [5.41, 5.74) is 0.755. The second-order valence-corrected chi connectivity index (χ2v) is 1.99. The van der Waals surface area contributed by atoms with E-state index in [9.17, 15) is 0 Å². The second kappa shape index (κ2) is 2.06. The molecule has 2 nitrogen and oxygen atoms in total. The molecular formula is C8H5N2.